The molecule has 1 N–H and O–H groups in total. The average Bonchev–Trinajstić information content (AvgIpc) is 2.93. The summed E-state index contributed by atoms with van der Waals surface area (Å²) in [7, 11) is 0. The third-order valence-corrected chi connectivity index (χ3v) is 5.20. The van der Waals surface area contributed by atoms with E-state index >= 15 is 0 Å². The zero-order valence-electron chi connectivity index (χ0n) is 10.2. The Morgan fingerprint density at radius 2 is 2.24 bits per heavy atom. The number of nitrogens with zero attached hydrogens (tertiary/aromatic N) is 1. The number of aryl methyl sites for hydroxylation is 1. The molecule has 17 heavy (non-hydrogen) atoms. The van der Waals surface area contributed by atoms with Crippen molar-refractivity contribution in [3.63, 3.8) is 0 Å². The molecule has 0 saturated heterocycles. The predicted octanol–water partition coefficient (Wildman–Crippen LogP) is 2.90. The van der Waals surface area contributed by atoms with Crippen LogP contribution in [0.2, 0.25) is 0 Å². The van der Waals surface area contributed by atoms with Crippen LogP contribution < -0.4 is 5.32 Å². The zero-order valence-corrected chi connectivity index (χ0v) is 11.0. The third-order valence-electron chi connectivity index (χ3n) is 4.43. The molecule has 1 aromatic rings. The first-order chi connectivity index (χ1) is 8.20. The summed E-state index contributed by atoms with van der Waals surface area (Å²) in [5.41, 5.74) is 1.04. The number of aromatic nitrogens is 1. The van der Waals surface area contributed by atoms with E-state index in [4.69, 9.17) is 0 Å². The van der Waals surface area contributed by atoms with Crippen LogP contribution in [0.15, 0.2) is 5.38 Å². The molecule has 1 heterocycles. The van der Waals surface area contributed by atoms with Crippen LogP contribution in [0.5, 0.6) is 0 Å². The van der Waals surface area contributed by atoms with Gasteiger partial charge in [-0.2, -0.15) is 0 Å². The summed E-state index contributed by atoms with van der Waals surface area (Å²) >= 11 is 1.54. The SMILES string of the molecule is Cc1nc(C(=O)N[C@@H]2CCC23CCCC3)cs1. The fraction of sp³-hybridized carbons (Fsp3) is 0.692. The molecule has 1 amide bonds. The molecule has 2 fully saturated rings. The molecule has 4 heteroatoms. The molecule has 1 atom stereocenters. The van der Waals surface area contributed by atoms with Crippen molar-refractivity contribution in [2.75, 3.05) is 0 Å². The van der Waals surface area contributed by atoms with Crippen molar-refractivity contribution in [3.8, 4) is 0 Å². The Balaban J connectivity index is 1.66. The lowest BCUT2D eigenvalue weighted by Gasteiger charge is -2.47. The first-order valence-corrected chi connectivity index (χ1v) is 7.31. The second-order valence-corrected chi connectivity index (χ2v) is 6.45. The van der Waals surface area contributed by atoms with Crippen molar-refractivity contribution in [3.05, 3.63) is 16.1 Å². The highest BCUT2D eigenvalue weighted by atomic mass is 32.1. The van der Waals surface area contributed by atoms with Crippen LogP contribution in [0.3, 0.4) is 0 Å². The highest BCUT2D eigenvalue weighted by Gasteiger charge is 2.48. The van der Waals surface area contributed by atoms with Gasteiger partial charge >= 0.3 is 0 Å². The Morgan fingerprint density at radius 3 is 2.76 bits per heavy atom. The lowest BCUT2D eigenvalue weighted by molar-refractivity contribution is 0.0580. The number of carbonyl (C=O) groups excluding carboxylic acids is 1. The molecule has 2 aliphatic rings. The van der Waals surface area contributed by atoms with Gasteiger partial charge in [-0.25, -0.2) is 4.98 Å². The lowest BCUT2D eigenvalue weighted by atomic mass is 9.63. The Kier molecular flexibility index (Phi) is 2.69. The molecule has 0 aromatic carbocycles. The first-order valence-electron chi connectivity index (χ1n) is 6.43. The van der Waals surface area contributed by atoms with E-state index in [0.29, 0.717) is 17.2 Å². The van der Waals surface area contributed by atoms with Gasteiger partial charge in [-0.15, -0.1) is 11.3 Å². The van der Waals surface area contributed by atoms with Crippen molar-refractivity contribution in [1.29, 1.82) is 0 Å². The zero-order chi connectivity index (χ0) is 11.9. The standard InChI is InChI=1S/C13H18N2OS/c1-9-14-10(8-17-9)12(16)15-11-4-7-13(11)5-2-3-6-13/h8,11H,2-7H2,1H3,(H,15,16)/t11-/m1/s1. The second-order valence-electron chi connectivity index (χ2n) is 5.39. The number of hydrogen-bond donors (Lipinski definition) is 1. The molecule has 0 bridgehead atoms. The molecule has 0 unspecified atom stereocenters. The van der Waals surface area contributed by atoms with Crippen molar-refractivity contribution in [2.45, 2.75) is 51.5 Å². The van der Waals surface area contributed by atoms with Crippen molar-refractivity contribution >= 4 is 17.2 Å². The summed E-state index contributed by atoms with van der Waals surface area (Å²) in [5, 5.41) is 5.99. The van der Waals surface area contributed by atoms with E-state index in [2.05, 4.69) is 10.3 Å². The van der Waals surface area contributed by atoms with Crippen LogP contribution in [-0.2, 0) is 0 Å². The van der Waals surface area contributed by atoms with Crippen LogP contribution in [-0.4, -0.2) is 16.9 Å². The Labute approximate surface area is 106 Å². The van der Waals surface area contributed by atoms with Crippen LogP contribution in [0, 0.1) is 12.3 Å². The monoisotopic (exact) mass is 250 g/mol. The van der Waals surface area contributed by atoms with Gasteiger partial charge in [0, 0.05) is 11.4 Å². The fourth-order valence-electron chi connectivity index (χ4n) is 3.30. The molecule has 2 aliphatic carbocycles. The summed E-state index contributed by atoms with van der Waals surface area (Å²) in [6.45, 7) is 1.93. The molecule has 0 aliphatic heterocycles. The van der Waals surface area contributed by atoms with Gasteiger partial charge < -0.3 is 5.32 Å². The third kappa shape index (κ3) is 1.88. The van der Waals surface area contributed by atoms with Crippen molar-refractivity contribution < 1.29 is 4.79 Å². The number of thiazole rings is 1. The molecule has 3 nitrogen and oxygen atoms in total. The van der Waals surface area contributed by atoms with E-state index in [9.17, 15) is 4.79 Å². The van der Waals surface area contributed by atoms with E-state index in [1.54, 1.807) is 0 Å². The van der Waals surface area contributed by atoms with Gasteiger partial charge in [-0.3, -0.25) is 4.79 Å². The Bertz CT molecular complexity index is 434. The molecule has 2 saturated carbocycles. The maximum Gasteiger partial charge on any atom is 0.270 e. The van der Waals surface area contributed by atoms with Gasteiger partial charge in [-0.05, 0) is 38.0 Å². The maximum atomic E-state index is 12.0. The fourth-order valence-corrected chi connectivity index (χ4v) is 3.89. The number of nitrogens with one attached hydrogen (secondary N) is 1. The molecule has 92 valence electrons. The molecule has 0 radical (unpaired) electrons. The largest absolute Gasteiger partial charge is 0.347 e. The Hall–Kier alpha value is -0.900. The van der Waals surface area contributed by atoms with E-state index in [1.807, 2.05) is 12.3 Å². The maximum absolute atomic E-state index is 12.0. The number of hydrogen-bond acceptors (Lipinski definition) is 3. The quantitative estimate of drug-likeness (QED) is 0.877. The summed E-state index contributed by atoms with van der Waals surface area (Å²) in [6, 6.07) is 0.402. The summed E-state index contributed by atoms with van der Waals surface area (Å²) in [4.78, 5) is 16.3. The minimum Gasteiger partial charge on any atom is -0.347 e. The summed E-state index contributed by atoms with van der Waals surface area (Å²) in [5.74, 6) is 0.0188. The topological polar surface area (TPSA) is 42.0 Å². The van der Waals surface area contributed by atoms with Gasteiger partial charge in [0.1, 0.15) is 5.69 Å². The number of amides is 1. The van der Waals surface area contributed by atoms with E-state index < -0.39 is 0 Å². The summed E-state index contributed by atoms with van der Waals surface area (Å²) in [6.07, 6.45) is 7.72. The Morgan fingerprint density at radius 1 is 1.47 bits per heavy atom. The van der Waals surface area contributed by atoms with Crippen LogP contribution in [0.25, 0.3) is 0 Å². The van der Waals surface area contributed by atoms with E-state index in [-0.39, 0.29) is 5.91 Å². The van der Waals surface area contributed by atoms with Crippen LogP contribution >= 0.6 is 11.3 Å². The highest BCUT2D eigenvalue weighted by molar-refractivity contribution is 7.09. The van der Waals surface area contributed by atoms with E-state index in [1.165, 1.54) is 43.4 Å². The minimum atomic E-state index is 0.0188. The highest BCUT2D eigenvalue weighted by Crippen LogP contribution is 2.53. The van der Waals surface area contributed by atoms with Gasteiger partial charge in [0.2, 0.25) is 0 Å². The average molecular weight is 250 g/mol. The number of carbonyl (C=O) groups is 1. The second kappa shape index (κ2) is 4.09. The van der Waals surface area contributed by atoms with Crippen LogP contribution in [0.4, 0.5) is 0 Å². The predicted molar refractivity (Wildman–Crippen MR) is 68.2 cm³/mol. The molecule has 1 aromatic heterocycles. The van der Waals surface area contributed by atoms with Gasteiger partial charge in [-0.1, -0.05) is 12.8 Å². The lowest BCUT2D eigenvalue weighted by Crippen LogP contribution is -2.53. The smallest absolute Gasteiger partial charge is 0.270 e. The normalized spacial score (nSPS) is 25.8. The van der Waals surface area contributed by atoms with E-state index in [0.717, 1.165) is 11.4 Å². The van der Waals surface area contributed by atoms with Gasteiger partial charge in [0.05, 0.1) is 5.01 Å². The van der Waals surface area contributed by atoms with Crippen molar-refractivity contribution in [2.24, 2.45) is 5.41 Å². The van der Waals surface area contributed by atoms with Crippen LogP contribution in [0.1, 0.15) is 54.0 Å². The molecular weight excluding hydrogens is 232 g/mol. The molecule has 1 spiro atoms. The molecular formula is C13H18N2OS. The minimum absolute atomic E-state index is 0.0188. The van der Waals surface area contributed by atoms with Gasteiger partial charge in [0.25, 0.3) is 5.91 Å². The number of rotatable bonds is 2. The summed E-state index contributed by atoms with van der Waals surface area (Å²) < 4.78 is 0. The van der Waals surface area contributed by atoms with Gasteiger partial charge in [0.15, 0.2) is 0 Å². The van der Waals surface area contributed by atoms with Crippen molar-refractivity contribution in [1.82, 2.24) is 10.3 Å². The molecule has 3 rings (SSSR count). The first kappa shape index (κ1) is 11.2.